The molecule has 0 unspecified atom stereocenters. The van der Waals surface area contributed by atoms with Gasteiger partial charge >= 0.3 is 5.63 Å². The zero-order valence-corrected chi connectivity index (χ0v) is 13.6. The van der Waals surface area contributed by atoms with Crippen LogP contribution in [0.2, 0.25) is 0 Å². The summed E-state index contributed by atoms with van der Waals surface area (Å²) in [5.41, 5.74) is 2.08. The topological polar surface area (TPSA) is 43.1 Å². The minimum Gasteiger partial charge on any atom is -0.421 e. The van der Waals surface area contributed by atoms with E-state index in [1.807, 2.05) is 60.7 Å². The van der Waals surface area contributed by atoms with Crippen molar-refractivity contribution >= 4 is 44.4 Å². The molecule has 0 aliphatic rings. The molecular formula is C18H10INO2. The van der Waals surface area contributed by atoms with Crippen molar-refractivity contribution in [1.82, 2.24) is 4.98 Å². The van der Waals surface area contributed by atoms with Crippen LogP contribution in [0.25, 0.3) is 33.1 Å². The molecule has 0 amide bonds. The van der Waals surface area contributed by atoms with Gasteiger partial charge in [-0.2, -0.15) is 0 Å². The van der Waals surface area contributed by atoms with Crippen molar-refractivity contribution in [3.8, 4) is 11.3 Å². The fourth-order valence-electron chi connectivity index (χ4n) is 2.51. The number of nitrogens with zero attached hydrogens (tertiary/aromatic N) is 1. The maximum absolute atomic E-state index is 12.4. The Kier molecular flexibility index (Phi) is 3.18. The highest BCUT2D eigenvalue weighted by atomic mass is 127. The van der Waals surface area contributed by atoms with Gasteiger partial charge in [-0.1, -0.05) is 48.5 Å². The third kappa shape index (κ3) is 2.11. The summed E-state index contributed by atoms with van der Waals surface area (Å²) in [5.74, 6) is 0.571. The molecule has 2 aromatic carbocycles. The predicted molar refractivity (Wildman–Crippen MR) is 95.9 cm³/mol. The Bertz CT molecular complexity index is 1060. The SMILES string of the molecule is O=c1oc(-c2ccccc2)c(I)c2nc3ccccc3cc12. The summed E-state index contributed by atoms with van der Waals surface area (Å²) in [4.78, 5) is 17.0. The summed E-state index contributed by atoms with van der Waals surface area (Å²) in [5, 5.41) is 1.45. The van der Waals surface area contributed by atoms with Crippen LogP contribution in [0, 0.1) is 3.57 Å². The number of aromatic nitrogens is 1. The molecule has 4 heteroatoms. The lowest BCUT2D eigenvalue weighted by Crippen LogP contribution is -2.04. The highest BCUT2D eigenvalue weighted by Gasteiger charge is 2.15. The van der Waals surface area contributed by atoms with Gasteiger partial charge in [0.15, 0.2) is 5.76 Å². The lowest BCUT2D eigenvalue weighted by molar-refractivity contribution is 0.531. The largest absolute Gasteiger partial charge is 0.421 e. The fraction of sp³-hybridized carbons (Fsp3) is 0. The minimum atomic E-state index is -0.354. The van der Waals surface area contributed by atoms with Gasteiger partial charge in [-0.25, -0.2) is 9.78 Å². The summed E-state index contributed by atoms with van der Waals surface area (Å²) in [7, 11) is 0. The molecule has 0 radical (unpaired) electrons. The molecule has 0 aliphatic heterocycles. The summed E-state index contributed by atoms with van der Waals surface area (Å²) in [6.07, 6.45) is 0. The Labute approximate surface area is 139 Å². The highest BCUT2D eigenvalue weighted by molar-refractivity contribution is 14.1. The van der Waals surface area contributed by atoms with E-state index in [1.54, 1.807) is 0 Å². The molecule has 4 rings (SSSR count). The van der Waals surface area contributed by atoms with E-state index in [1.165, 1.54) is 0 Å². The number of halogens is 1. The first-order chi connectivity index (χ1) is 10.7. The van der Waals surface area contributed by atoms with E-state index < -0.39 is 0 Å². The molecule has 2 aromatic heterocycles. The van der Waals surface area contributed by atoms with Crippen LogP contribution in [0.5, 0.6) is 0 Å². The molecule has 0 saturated heterocycles. The molecule has 0 N–H and O–H groups in total. The molecule has 2 heterocycles. The Balaban J connectivity index is 2.12. The van der Waals surface area contributed by atoms with E-state index in [0.29, 0.717) is 16.7 Å². The Hall–Kier alpha value is -2.21. The van der Waals surface area contributed by atoms with Gasteiger partial charge in [0.05, 0.1) is 20.0 Å². The van der Waals surface area contributed by atoms with Crippen LogP contribution in [0.15, 0.2) is 69.9 Å². The average molecular weight is 399 g/mol. The second kappa shape index (κ2) is 5.21. The normalized spacial score (nSPS) is 11.1. The van der Waals surface area contributed by atoms with Gasteiger partial charge in [-0.15, -0.1) is 0 Å². The van der Waals surface area contributed by atoms with E-state index in [-0.39, 0.29) is 5.63 Å². The van der Waals surface area contributed by atoms with Crippen LogP contribution in [0.4, 0.5) is 0 Å². The first kappa shape index (κ1) is 13.5. The first-order valence-corrected chi connectivity index (χ1v) is 7.89. The maximum Gasteiger partial charge on any atom is 0.345 e. The van der Waals surface area contributed by atoms with Gasteiger partial charge in [-0.3, -0.25) is 0 Å². The molecule has 0 bridgehead atoms. The molecule has 106 valence electrons. The number of para-hydroxylation sites is 1. The smallest absolute Gasteiger partial charge is 0.345 e. The third-order valence-electron chi connectivity index (χ3n) is 3.58. The predicted octanol–water partition coefficient (Wildman–Crippen LogP) is 4.61. The highest BCUT2D eigenvalue weighted by Crippen LogP contribution is 2.29. The number of fused-ring (bicyclic) bond motifs is 2. The summed E-state index contributed by atoms with van der Waals surface area (Å²) in [6.45, 7) is 0. The van der Waals surface area contributed by atoms with Crippen molar-refractivity contribution in [1.29, 1.82) is 0 Å². The van der Waals surface area contributed by atoms with Gasteiger partial charge in [0.1, 0.15) is 0 Å². The van der Waals surface area contributed by atoms with E-state index in [0.717, 1.165) is 20.0 Å². The summed E-state index contributed by atoms with van der Waals surface area (Å²) >= 11 is 2.20. The minimum absolute atomic E-state index is 0.354. The van der Waals surface area contributed by atoms with E-state index in [2.05, 4.69) is 27.6 Å². The molecule has 3 nitrogen and oxygen atoms in total. The summed E-state index contributed by atoms with van der Waals surface area (Å²) in [6, 6.07) is 19.2. The lowest BCUT2D eigenvalue weighted by Gasteiger charge is -2.07. The van der Waals surface area contributed by atoms with Crippen molar-refractivity contribution < 1.29 is 4.42 Å². The zero-order chi connectivity index (χ0) is 15.1. The number of hydrogen-bond acceptors (Lipinski definition) is 3. The molecule has 4 aromatic rings. The molecule has 22 heavy (non-hydrogen) atoms. The number of pyridine rings is 1. The molecule has 0 aliphatic carbocycles. The average Bonchev–Trinajstić information content (AvgIpc) is 2.57. The molecule has 0 fully saturated rings. The van der Waals surface area contributed by atoms with Crippen LogP contribution in [-0.4, -0.2) is 4.98 Å². The van der Waals surface area contributed by atoms with Crippen molar-refractivity contribution in [2.45, 2.75) is 0 Å². The maximum atomic E-state index is 12.4. The zero-order valence-electron chi connectivity index (χ0n) is 11.4. The first-order valence-electron chi connectivity index (χ1n) is 6.81. The van der Waals surface area contributed by atoms with Gasteiger partial charge in [-0.05, 0) is 34.7 Å². The van der Waals surface area contributed by atoms with Gasteiger partial charge in [0.25, 0.3) is 0 Å². The number of hydrogen-bond donors (Lipinski definition) is 0. The Morgan fingerprint density at radius 3 is 2.50 bits per heavy atom. The monoisotopic (exact) mass is 399 g/mol. The van der Waals surface area contributed by atoms with Crippen LogP contribution in [0.3, 0.4) is 0 Å². The van der Waals surface area contributed by atoms with Crippen molar-refractivity contribution in [2.75, 3.05) is 0 Å². The van der Waals surface area contributed by atoms with Crippen molar-refractivity contribution in [3.63, 3.8) is 0 Å². The van der Waals surface area contributed by atoms with Gasteiger partial charge in [0.2, 0.25) is 0 Å². The van der Waals surface area contributed by atoms with Crippen LogP contribution >= 0.6 is 22.6 Å². The summed E-state index contributed by atoms with van der Waals surface area (Å²) < 4.78 is 6.40. The van der Waals surface area contributed by atoms with E-state index >= 15 is 0 Å². The molecule has 0 saturated carbocycles. The number of rotatable bonds is 1. The fourth-order valence-corrected chi connectivity index (χ4v) is 3.35. The molecule has 0 atom stereocenters. The van der Waals surface area contributed by atoms with Crippen LogP contribution in [0.1, 0.15) is 0 Å². The second-order valence-electron chi connectivity index (χ2n) is 4.98. The number of benzene rings is 2. The van der Waals surface area contributed by atoms with Crippen LogP contribution < -0.4 is 5.63 Å². The van der Waals surface area contributed by atoms with E-state index in [9.17, 15) is 4.79 Å². The van der Waals surface area contributed by atoms with Crippen LogP contribution in [-0.2, 0) is 0 Å². The van der Waals surface area contributed by atoms with Gasteiger partial charge in [0, 0.05) is 10.9 Å². The molecule has 0 spiro atoms. The van der Waals surface area contributed by atoms with Crippen molar-refractivity contribution in [3.05, 3.63) is 74.7 Å². The lowest BCUT2D eigenvalue weighted by atomic mass is 10.1. The Morgan fingerprint density at radius 1 is 0.955 bits per heavy atom. The Morgan fingerprint density at radius 2 is 1.68 bits per heavy atom. The van der Waals surface area contributed by atoms with Crippen molar-refractivity contribution in [2.24, 2.45) is 0 Å². The third-order valence-corrected chi connectivity index (χ3v) is 4.58. The molecular weight excluding hydrogens is 389 g/mol. The quantitative estimate of drug-likeness (QED) is 0.347. The standard InChI is InChI=1S/C18H10INO2/c19-15-16-13(10-12-8-4-5-9-14(12)20-16)18(21)22-17(15)11-6-2-1-3-7-11/h1-10H. The van der Waals surface area contributed by atoms with E-state index in [4.69, 9.17) is 4.42 Å². The second-order valence-corrected chi connectivity index (χ2v) is 6.05. The van der Waals surface area contributed by atoms with Gasteiger partial charge < -0.3 is 4.42 Å².